The van der Waals surface area contributed by atoms with Crippen LogP contribution in [0.5, 0.6) is 5.75 Å². The lowest BCUT2D eigenvalue weighted by molar-refractivity contribution is 0.101. The molecule has 138 valence electrons. The van der Waals surface area contributed by atoms with Crippen LogP contribution in [0.15, 0.2) is 77.7 Å². The summed E-state index contributed by atoms with van der Waals surface area (Å²) >= 11 is 0. The molecule has 3 rings (SSSR count). The summed E-state index contributed by atoms with van der Waals surface area (Å²) in [5.74, 6) is 0.0493. The number of nitrogens with zero attached hydrogens (tertiary/aromatic N) is 1. The molecule has 0 amide bonds. The quantitative estimate of drug-likeness (QED) is 0.676. The van der Waals surface area contributed by atoms with Crippen molar-refractivity contribution >= 4 is 21.5 Å². The molecular formula is C21H19NO4S. The van der Waals surface area contributed by atoms with E-state index in [-0.39, 0.29) is 16.4 Å². The maximum Gasteiger partial charge on any atom is 0.264 e. The first-order chi connectivity index (χ1) is 12.8. The van der Waals surface area contributed by atoms with Crippen molar-refractivity contribution in [3.63, 3.8) is 0 Å². The molecular weight excluding hydrogens is 362 g/mol. The zero-order chi connectivity index (χ0) is 19.6. The van der Waals surface area contributed by atoms with Gasteiger partial charge in [-0.15, -0.1) is 0 Å². The molecule has 0 aliphatic carbocycles. The summed E-state index contributed by atoms with van der Waals surface area (Å²) in [4.78, 5) is 11.7. The number of benzene rings is 3. The fraction of sp³-hybridized carbons (Fsp3) is 0.0952. The molecule has 5 nitrogen and oxygen atoms in total. The van der Waals surface area contributed by atoms with Crippen molar-refractivity contribution in [3.05, 3.63) is 78.4 Å². The first-order valence-electron chi connectivity index (χ1n) is 8.28. The van der Waals surface area contributed by atoms with Gasteiger partial charge in [0.15, 0.2) is 5.78 Å². The molecule has 0 unspecified atom stereocenters. The molecule has 0 spiro atoms. The van der Waals surface area contributed by atoms with Gasteiger partial charge < -0.3 is 5.11 Å². The highest BCUT2D eigenvalue weighted by molar-refractivity contribution is 7.92. The Bertz CT molecular complexity index is 1070. The number of phenols is 1. The number of sulfonamides is 1. The van der Waals surface area contributed by atoms with Crippen molar-refractivity contribution in [3.8, 4) is 16.9 Å². The van der Waals surface area contributed by atoms with Gasteiger partial charge in [-0.1, -0.05) is 30.3 Å². The molecule has 0 saturated heterocycles. The number of anilines is 1. The summed E-state index contributed by atoms with van der Waals surface area (Å²) in [5.41, 5.74) is 2.73. The maximum atomic E-state index is 12.8. The van der Waals surface area contributed by atoms with Crippen LogP contribution in [-0.2, 0) is 10.0 Å². The summed E-state index contributed by atoms with van der Waals surface area (Å²) in [6.07, 6.45) is 0. The third kappa shape index (κ3) is 3.85. The standard InChI is InChI=1S/C21H19NO4S/c1-15(23)17-4-3-5-18(14-17)16-6-12-21(13-7-16)27(25,26)22(2)19-8-10-20(24)11-9-19/h3-14,24H,1-2H3. The molecule has 0 atom stereocenters. The van der Waals surface area contributed by atoms with E-state index in [2.05, 4.69) is 0 Å². The maximum absolute atomic E-state index is 12.8. The molecule has 3 aromatic carbocycles. The summed E-state index contributed by atoms with van der Waals surface area (Å²) in [6, 6.07) is 19.7. The Labute approximate surface area is 158 Å². The number of aromatic hydroxyl groups is 1. The van der Waals surface area contributed by atoms with Crippen LogP contribution in [0, 0.1) is 0 Å². The molecule has 0 aliphatic heterocycles. The van der Waals surface area contributed by atoms with Crippen molar-refractivity contribution in [2.24, 2.45) is 0 Å². The Morgan fingerprint density at radius 1 is 0.889 bits per heavy atom. The minimum atomic E-state index is -3.73. The summed E-state index contributed by atoms with van der Waals surface area (Å²) in [7, 11) is -2.26. The molecule has 0 radical (unpaired) electrons. The molecule has 3 aromatic rings. The van der Waals surface area contributed by atoms with E-state index in [1.54, 1.807) is 42.5 Å². The molecule has 0 saturated carbocycles. The number of carbonyl (C=O) groups excluding carboxylic acids is 1. The van der Waals surface area contributed by atoms with Gasteiger partial charge in [-0.3, -0.25) is 9.10 Å². The Morgan fingerprint density at radius 3 is 2.11 bits per heavy atom. The predicted octanol–water partition coefficient (Wildman–Crippen LogP) is 4.09. The van der Waals surface area contributed by atoms with Crippen LogP contribution in [0.25, 0.3) is 11.1 Å². The molecule has 0 heterocycles. The highest BCUT2D eigenvalue weighted by Gasteiger charge is 2.21. The second kappa shape index (κ2) is 7.25. The predicted molar refractivity (Wildman–Crippen MR) is 106 cm³/mol. The first-order valence-corrected chi connectivity index (χ1v) is 9.72. The van der Waals surface area contributed by atoms with Crippen molar-refractivity contribution in [2.75, 3.05) is 11.4 Å². The lowest BCUT2D eigenvalue weighted by atomic mass is 10.0. The Kier molecular flexibility index (Phi) is 5.01. The van der Waals surface area contributed by atoms with Crippen LogP contribution in [0.4, 0.5) is 5.69 Å². The van der Waals surface area contributed by atoms with E-state index in [4.69, 9.17) is 0 Å². The van der Waals surface area contributed by atoms with Gasteiger partial charge in [0.1, 0.15) is 5.75 Å². The fourth-order valence-corrected chi connectivity index (χ4v) is 3.89. The monoisotopic (exact) mass is 381 g/mol. The first kappa shape index (κ1) is 18.7. The largest absolute Gasteiger partial charge is 0.508 e. The van der Waals surface area contributed by atoms with Crippen molar-refractivity contribution in [1.82, 2.24) is 0 Å². The van der Waals surface area contributed by atoms with Crippen LogP contribution in [0.3, 0.4) is 0 Å². The number of carbonyl (C=O) groups is 1. The number of rotatable bonds is 5. The second-order valence-corrected chi connectivity index (χ2v) is 8.12. The topological polar surface area (TPSA) is 74.7 Å². The van der Waals surface area contributed by atoms with Gasteiger partial charge in [-0.05, 0) is 60.5 Å². The fourth-order valence-electron chi connectivity index (χ4n) is 2.70. The van der Waals surface area contributed by atoms with Gasteiger partial charge in [0, 0.05) is 12.6 Å². The Balaban J connectivity index is 1.91. The van der Waals surface area contributed by atoms with Crippen LogP contribution < -0.4 is 4.31 Å². The molecule has 0 aromatic heterocycles. The van der Waals surface area contributed by atoms with Crippen molar-refractivity contribution in [1.29, 1.82) is 0 Å². The van der Waals surface area contributed by atoms with E-state index in [0.29, 0.717) is 11.3 Å². The second-order valence-electron chi connectivity index (χ2n) is 6.15. The van der Waals surface area contributed by atoms with E-state index >= 15 is 0 Å². The minimum absolute atomic E-state index is 0.0217. The van der Waals surface area contributed by atoms with E-state index in [9.17, 15) is 18.3 Å². The molecule has 0 bridgehead atoms. The van der Waals surface area contributed by atoms with E-state index in [0.717, 1.165) is 15.4 Å². The molecule has 0 fully saturated rings. The Hall–Kier alpha value is -3.12. The average Bonchev–Trinajstić information content (AvgIpc) is 2.68. The number of hydrogen-bond donors (Lipinski definition) is 1. The molecule has 27 heavy (non-hydrogen) atoms. The van der Waals surface area contributed by atoms with Gasteiger partial charge >= 0.3 is 0 Å². The van der Waals surface area contributed by atoms with E-state index < -0.39 is 10.0 Å². The van der Waals surface area contributed by atoms with E-state index in [1.165, 1.54) is 38.2 Å². The smallest absolute Gasteiger partial charge is 0.264 e. The SMILES string of the molecule is CC(=O)c1cccc(-c2ccc(S(=O)(=O)N(C)c3ccc(O)cc3)cc2)c1. The van der Waals surface area contributed by atoms with Gasteiger partial charge in [-0.25, -0.2) is 8.42 Å². The number of phenolic OH excluding ortho intramolecular Hbond substituents is 1. The van der Waals surface area contributed by atoms with Crippen molar-refractivity contribution < 1.29 is 18.3 Å². The Morgan fingerprint density at radius 2 is 1.52 bits per heavy atom. The third-order valence-corrected chi connectivity index (χ3v) is 6.13. The average molecular weight is 381 g/mol. The minimum Gasteiger partial charge on any atom is -0.508 e. The van der Waals surface area contributed by atoms with Crippen LogP contribution in [-0.4, -0.2) is 26.4 Å². The number of hydrogen-bond acceptors (Lipinski definition) is 4. The zero-order valence-corrected chi connectivity index (χ0v) is 15.8. The van der Waals surface area contributed by atoms with Crippen molar-refractivity contribution in [2.45, 2.75) is 11.8 Å². The van der Waals surface area contributed by atoms with Gasteiger partial charge in [-0.2, -0.15) is 0 Å². The summed E-state index contributed by atoms with van der Waals surface area (Å²) < 4.78 is 26.8. The highest BCUT2D eigenvalue weighted by Crippen LogP contribution is 2.26. The molecule has 0 aliphatic rings. The van der Waals surface area contributed by atoms with Gasteiger partial charge in [0.25, 0.3) is 10.0 Å². The lowest BCUT2D eigenvalue weighted by Crippen LogP contribution is -2.26. The molecule has 1 N–H and O–H groups in total. The number of ketones is 1. The zero-order valence-electron chi connectivity index (χ0n) is 15.0. The van der Waals surface area contributed by atoms with Crippen LogP contribution in [0.2, 0.25) is 0 Å². The highest BCUT2D eigenvalue weighted by atomic mass is 32.2. The normalized spacial score (nSPS) is 11.2. The van der Waals surface area contributed by atoms with Crippen LogP contribution >= 0.6 is 0 Å². The van der Waals surface area contributed by atoms with Gasteiger partial charge in [0.05, 0.1) is 10.6 Å². The van der Waals surface area contributed by atoms with Crippen LogP contribution in [0.1, 0.15) is 17.3 Å². The molecule has 6 heteroatoms. The number of Topliss-reactive ketones (excluding diaryl/α,β-unsaturated/α-hetero) is 1. The van der Waals surface area contributed by atoms with E-state index in [1.807, 2.05) is 6.07 Å². The summed E-state index contributed by atoms with van der Waals surface area (Å²) in [5, 5.41) is 9.36. The van der Waals surface area contributed by atoms with Gasteiger partial charge in [0.2, 0.25) is 0 Å². The lowest BCUT2D eigenvalue weighted by Gasteiger charge is -2.19. The third-order valence-electron chi connectivity index (χ3n) is 4.33. The summed E-state index contributed by atoms with van der Waals surface area (Å²) in [6.45, 7) is 1.51.